The minimum absolute atomic E-state index is 0.244. The number of rotatable bonds is 8. The van der Waals surface area contributed by atoms with E-state index in [-0.39, 0.29) is 5.82 Å². The van der Waals surface area contributed by atoms with Crippen molar-refractivity contribution in [3.8, 4) is 0 Å². The summed E-state index contributed by atoms with van der Waals surface area (Å²) in [6.07, 6.45) is 8.71. The van der Waals surface area contributed by atoms with Crippen LogP contribution in [0.5, 0.6) is 0 Å². The minimum atomic E-state index is -0.782. The van der Waals surface area contributed by atoms with E-state index in [9.17, 15) is 13.2 Å². The van der Waals surface area contributed by atoms with E-state index in [2.05, 4.69) is 31.2 Å². The van der Waals surface area contributed by atoms with E-state index in [0.29, 0.717) is 35.8 Å². The van der Waals surface area contributed by atoms with Gasteiger partial charge in [0.15, 0.2) is 0 Å². The third-order valence-corrected chi connectivity index (χ3v) is 7.75. The van der Waals surface area contributed by atoms with Crippen molar-refractivity contribution in [2.75, 3.05) is 0 Å². The van der Waals surface area contributed by atoms with Crippen LogP contribution in [0.15, 0.2) is 54.6 Å². The molecule has 4 heteroatoms. The van der Waals surface area contributed by atoms with Gasteiger partial charge in [-0.2, -0.15) is 0 Å². The zero-order chi connectivity index (χ0) is 24.1. The third-order valence-electron chi connectivity index (χ3n) is 7.39. The van der Waals surface area contributed by atoms with E-state index in [1.807, 2.05) is 12.1 Å². The van der Waals surface area contributed by atoms with Gasteiger partial charge in [0, 0.05) is 0 Å². The Balaban J connectivity index is 1.25. The fourth-order valence-electron chi connectivity index (χ4n) is 5.16. The van der Waals surface area contributed by atoms with Crippen molar-refractivity contribution in [1.82, 2.24) is 0 Å². The molecular weight excluding hydrogens is 453 g/mol. The van der Waals surface area contributed by atoms with Crippen LogP contribution in [0.3, 0.4) is 0 Å². The number of hydrogen-bond donors (Lipinski definition) is 0. The fraction of sp³-hybridized carbons (Fsp3) is 0.400. The SMILES string of the molecule is CCc1ccc([C@H]2CC[C@H](CCc3ccc(CCc4cc(F)c(Cl)c(F)c4)c(F)c3)CC2)cc1. The molecule has 1 aliphatic carbocycles. The lowest BCUT2D eigenvalue weighted by Gasteiger charge is -2.29. The molecule has 0 aliphatic heterocycles. The average Bonchev–Trinajstić information content (AvgIpc) is 2.85. The highest BCUT2D eigenvalue weighted by Crippen LogP contribution is 2.37. The van der Waals surface area contributed by atoms with Crippen LogP contribution in [0.1, 0.15) is 72.8 Å². The number of aryl methyl sites for hydroxylation is 4. The molecule has 3 aromatic carbocycles. The molecule has 0 aromatic heterocycles. The zero-order valence-electron chi connectivity index (χ0n) is 19.7. The van der Waals surface area contributed by atoms with Gasteiger partial charge >= 0.3 is 0 Å². The highest BCUT2D eigenvalue weighted by Gasteiger charge is 2.22. The predicted molar refractivity (Wildman–Crippen MR) is 134 cm³/mol. The lowest BCUT2D eigenvalue weighted by molar-refractivity contribution is 0.310. The maximum atomic E-state index is 14.7. The Morgan fingerprint density at radius 2 is 1.32 bits per heavy atom. The van der Waals surface area contributed by atoms with Crippen LogP contribution in [0.4, 0.5) is 13.2 Å². The largest absolute Gasteiger partial charge is 0.207 e. The molecule has 0 bridgehead atoms. The molecule has 1 fully saturated rings. The predicted octanol–water partition coefficient (Wildman–Crippen LogP) is 9.01. The van der Waals surface area contributed by atoms with Gasteiger partial charge in [-0.25, -0.2) is 13.2 Å². The second kappa shape index (κ2) is 11.4. The fourth-order valence-corrected chi connectivity index (χ4v) is 5.27. The van der Waals surface area contributed by atoms with Gasteiger partial charge < -0.3 is 0 Å². The van der Waals surface area contributed by atoms with E-state index >= 15 is 0 Å². The smallest absolute Gasteiger partial charge is 0.145 e. The third kappa shape index (κ3) is 6.24. The summed E-state index contributed by atoms with van der Waals surface area (Å²) in [4.78, 5) is 0. The molecule has 0 heterocycles. The van der Waals surface area contributed by atoms with E-state index in [1.54, 1.807) is 6.07 Å². The maximum Gasteiger partial charge on any atom is 0.145 e. The summed E-state index contributed by atoms with van der Waals surface area (Å²) in [6, 6.07) is 17.0. The van der Waals surface area contributed by atoms with E-state index in [1.165, 1.54) is 48.9 Å². The molecule has 3 aromatic rings. The Labute approximate surface area is 206 Å². The van der Waals surface area contributed by atoms with Gasteiger partial charge in [-0.1, -0.05) is 54.9 Å². The van der Waals surface area contributed by atoms with Gasteiger partial charge in [0.05, 0.1) is 0 Å². The van der Waals surface area contributed by atoms with Gasteiger partial charge in [-0.15, -0.1) is 0 Å². The zero-order valence-corrected chi connectivity index (χ0v) is 20.5. The van der Waals surface area contributed by atoms with Crippen molar-refractivity contribution in [3.05, 3.63) is 105 Å². The van der Waals surface area contributed by atoms with Crippen LogP contribution < -0.4 is 0 Å². The molecule has 0 amide bonds. The highest BCUT2D eigenvalue weighted by atomic mass is 35.5. The Hall–Kier alpha value is -2.26. The van der Waals surface area contributed by atoms with E-state index < -0.39 is 16.7 Å². The molecule has 0 N–H and O–H groups in total. The molecule has 0 nitrogen and oxygen atoms in total. The first kappa shape index (κ1) is 24.9. The molecule has 0 saturated heterocycles. The lowest BCUT2D eigenvalue weighted by Crippen LogP contribution is -2.14. The van der Waals surface area contributed by atoms with E-state index in [0.717, 1.165) is 24.8 Å². The quantitative estimate of drug-likeness (QED) is 0.280. The van der Waals surface area contributed by atoms with Gasteiger partial charge in [-0.05, 0) is 116 Å². The van der Waals surface area contributed by atoms with Gasteiger partial charge in [0.2, 0.25) is 0 Å². The molecule has 0 radical (unpaired) electrons. The van der Waals surface area contributed by atoms with Crippen molar-refractivity contribution >= 4 is 11.6 Å². The standard InChI is InChI=1S/C30H32ClF3/c1-2-20-5-11-24(12-6-20)25-13-7-21(8-14-25)3-4-22-9-15-26(27(32)17-22)16-10-23-18-28(33)30(31)29(34)19-23/h5-6,9,11-12,15,17-19,21,25H,2-4,7-8,10,13-14,16H2,1H3/t21-,25-. The van der Waals surface area contributed by atoms with Crippen molar-refractivity contribution in [2.45, 2.75) is 70.6 Å². The van der Waals surface area contributed by atoms with Crippen LogP contribution in [-0.4, -0.2) is 0 Å². The summed E-state index contributed by atoms with van der Waals surface area (Å²) in [5, 5.41) is -0.501. The highest BCUT2D eigenvalue weighted by molar-refractivity contribution is 6.30. The Bertz CT molecular complexity index is 1080. The maximum absolute atomic E-state index is 14.7. The number of hydrogen-bond acceptors (Lipinski definition) is 0. The Kier molecular flexibility index (Phi) is 8.37. The monoisotopic (exact) mass is 484 g/mol. The molecule has 34 heavy (non-hydrogen) atoms. The van der Waals surface area contributed by atoms with Crippen molar-refractivity contribution < 1.29 is 13.2 Å². The second-order valence-electron chi connectivity index (χ2n) is 9.65. The first-order chi connectivity index (χ1) is 16.4. The normalized spacial score (nSPS) is 18.3. The molecule has 180 valence electrons. The average molecular weight is 485 g/mol. The number of halogens is 4. The minimum Gasteiger partial charge on any atom is -0.207 e. The van der Waals surface area contributed by atoms with E-state index in [4.69, 9.17) is 11.6 Å². The lowest BCUT2D eigenvalue weighted by atomic mass is 9.77. The topological polar surface area (TPSA) is 0 Å². The molecule has 1 saturated carbocycles. The van der Waals surface area contributed by atoms with Crippen molar-refractivity contribution in [1.29, 1.82) is 0 Å². The second-order valence-corrected chi connectivity index (χ2v) is 10.0. The molecule has 4 rings (SSSR count). The van der Waals surface area contributed by atoms with Crippen molar-refractivity contribution in [2.24, 2.45) is 5.92 Å². The molecule has 0 unspecified atom stereocenters. The first-order valence-corrected chi connectivity index (χ1v) is 12.8. The van der Waals surface area contributed by atoms with Crippen LogP contribution in [0.25, 0.3) is 0 Å². The Morgan fingerprint density at radius 3 is 1.94 bits per heavy atom. The van der Waals surface area contributed by atoms with Crippen LogP contribution >= 0.6 is 11.6 Å². The first-order valence-electron chi connectivity index (χ1n) is 12.4. The van der Waals surface area contributed by atoms with Crippen LogP contribution in [-0.2, 0) is 25.7 Å². The molecule has 1 aliphatic rings. The molecule has 0 atom stereocenters. The summed E-state index contributed by atoms with van der Waals surface area (Å²) < 4.78 is 41.9. The summed E-state index contributed by atoms with van der Waals surface area (Å²) in [7, 11) is 0. The van der Waals surface area contributed by atoms with Crippen molar-refractivity contribution in [3.63, 3.8) is 0 Å². The van der Waals surface area contributed by atoms with Crippen LogP contribution in [0.2, 0.25) is 5.02 Å². The van der Waals surface area contributed by atoms with Gasteiger partial charge in [0.1, 0.15) is 22.5 Å². The summed E-state index contributed by atoms with van der Waals surface area (Å²) in [6.45, 7) is 2.19. The van der Waals surface area contributed by atoms with Gasteiger partial charge in [-0.3, -0.25) is 0 Å². The van der Waals surface area contributed by atoms with Crippen LogP contribution in [0, 0.1) is 23.4 Å². The number of benzene rings is 3. The molecule has 0 spiro atoms. The summed E-state index contributed by atoms with van der Waals surface area (Å²) in [5.41, 5.74) is 4.91. The summed E-state index contributed by atoms with van der Waals surface area (Å²) in [5.74, 6) is -0.441. The van der Waals surface area contributed by atoms with Gasteiger partial charge in [0.25, 0.3) is 0 Å². The summed E-state index contributed by atoms with van der Waals surface area (Å²) >= 11 is 5.53. The molecular formula is C30H32ClF3. The Morgan fingerprint density at radius 1 is 0.706 bits per heavy atom.